The van der Waals surface area contributed by atoms with Crippen LogP contribution in [0.2, 0.25) is 0 Å². The molecule has 1 aromatic heterocycles. The first-order chi connectivity index (χ1) is 17.1. The van der Waals surface area contributed by atoms with Gasteiger partial charge < -0.3 is 10.2 Å². The molecule has 6 nitrogen and oxygen atoms in total. The summed E-state index contributed by atoms with van der Waals surface area (Å²) in [6, 6.07) is 14.5. The van der Waals surface area contributed by atoms with E-state index >= 15 is 0 Å². The highest BCUT2D eigenvalue weighted by Gasteiger charge is 2.32. The first-order valence-electron chi connectivity index (χ1n) is 11.7. The lowest BCUT2D eigenvalue weighted by Gasteiger charge is -2.30. The predicted molar refractivity (Wildman–Crippen MR) is 131 cm³/mol. The fraction of sp³-hybridized carbons (Fsp3) is 0.296. The highest BCUT2D eigenvalue weighted by Crippen LogP contribution is 2.34. The molecule has 2 amide bonds. The zero-order valence-electron chi connectivity index (χ0n) is 20.0. The highest BCUT2D eigenvalue weighted by molar-refractivity contribution is 5.95. The fourth-order valence-electron chi connectivity index (χ4n) is 4.30. The van der Waals surface area contributed by atoms with E-state index in [1.54, 1.807) is 24.8 Å². The Labute approximate surface area is 207 Å². The lowest BCUT2D eigenvalue weighted by molar-refractivity contribution is -0.137. The molecule has 0 aliphatic carbocycles. The number of carbonyl (C=O) groups is 2. The second-order valence-corrected chi connectivity index (χ2v) is 8.90. The molecule has 2 aromatic carbocycles. The van der Waals surface area contributed by atoms with Crippen molar-refractivity contribution in [2.75, 3.05) is 18.4 Å². The van der Waals surface area contributed by atoms with Crippen molar-refractivity contribution < 1.29 is 22.8 Å². The molecule has 0 atom stereocenters. The van der Waals surface area contributed by atoms with Gasteiger partial charge >= 0.3 is 6.18 Å². The molecule has 188 valence electrons. The lowest BCUT2D eigenvalue weighted by Crippen LogP contribution is -2.40. The van der Waals surface area contributed by atoms with E-state index in [1.165, 1.54) is 16.8 Å². The number of rotatable bonds is 5. The minimum Gasteiger partial charge on any atom is -0.339 e. The third-order valence-corrected chi connectivity index (χ3v) is 6.21. The van der Waals surface area contributed by atoms with Crippen molar-refractivity contribution in [3.63, 3.8) is 0 Å². The second kappa shape index (κ2) is 10.4. The summed E-state index contributed by atoms with van der Waals surface area (Å²) in [5.74, 6) is -0.929. The second-order valence-electron chi connectivity index (χ2n) is 8.90. The molecule has 2 heterocycles. The summed E-state index contributed by atoms with van der Waals surface area (Å²) in [6.07, 6.45) is -0.448. The van der Waals surface area contributed by atoms with Crippen LogP contribution in [0, 0.1) is 19.8 Å². The van der Waals surface area contributed by atoms with E-state index in [4.69, 9.17) is 0 Å². The standard InChI is InChI=1S/C27H27F3N4O2/c1-18-16-19(2)34(32-18)24-10-9-22(27(28,29)30)17-23(24)31-26(36)21-12-14-33(15-13-21)25(35)11-8-20-6-4-3-5-7-20/h3-11,16-17,21H,12-15H2,1-2H3,(H,31,36)/b11-8+. The molecule has 1 fully saturated rings. The van der Waals surface area contributed by atoms with Gasteiger partial charge in [0, 0.05) is 30.8 Å². The predicted octanol–water partition coefficient (Wildman–Crippen LogP) is 5.40. The molecule has 4 rings (SSSR count). The van der Waals surface area contributed by atoms with Gasteiger partial charge in [0.25, 0.3) is 0 Å². The van der Waals surface area contributed by atoms with Crippen LogP contribution in [0.4, 0.5) is 18.9 Å². The smallest absolute Gasteiger partial charge is 0.339 e. The molecule has 1 saturated heterocycles. The Kier molecular flexibility index (Phi) is 7.28. The molecule has 0 saturated carbocycles. The number of hydrogen-bond acceptors (Lipinski definition) is 3. The number of likely N-dealkylation sites (tertiary alicyclic amines) is 1. The van der Waals surface area contributed by atoms with Crippen LogP contribution in [0.25, 0.3) is 11.8 Å². The first-order valence-corrected chi connectivity index (χ1v) is 11.7. The molecule has 0 unspecified atom stereocenters. The van der Waals surface area contributed by atoms with Gasteiger partial charge in [-0.3, -0.25) is 9.59 Å². The Morgan fingerprint density at radius 1 is 1.03 bits per heavy atom. The lowest BCUT2D eigenvalue weighted by atomic mass is 9.95. The molecule has 0 spiro atoms. The minimum atomic E-state index is -4.55. The largest absolute Gasteiger partial charge is 0.416 e. The van der Waals surface area contributed by atoms with Crippen LogP contribution < -0.4 is 5.32 Å². The minimum absolute atomic E-state index is 0.0466. The first kappa shape index (κ1) is 25.2. The monoisotopic (exact) mass is 496 g/mol. The Balaban J connectivity index is 1.45. The molecule has 3 aromatic rings. The van der Waals surface area contributed by atoms with Gasteiger partial charge in [0.2, 0.25) is 11.8 Å². The molecule has 0 bridgehead atoms. The van der Waals surface area contributed by atoms with E-state index in [0.717, 1.165) is 23.4 Å². The number of hydrogen-bond donors (Lipinski definition) is 1. The molecule has 36 heavy (non-hydrogen) atoms. The van der Waals surface area contributed by atoms with Gasteiger partial charge in [-0.25, -0.2) is 4.68 Å². The van der Waals surface area contributed by atoms with Crippen LogP contribution >= 0.6 is 0 Å². The summed E-state index contributed by atoms with van der Waals surface area (Å²) in [7, 11) is 0. The average Bonchev–Trinajstić information content (AvgIpc) is 3.20. The number of alkyl halides is 3. The van der Waals surface area contributed by atoms with Crippen LogP contribution in [-0.4, -0.2) is 39.6 Å². The van der Waals surface area contributed by atoms with Crippen LogP contribution in [-0.2, 0) is 15.8 Å². The van der Waals surface area contributed by atoms with Crippen LogP contribution in [0.3, 0.4) is 0 Å². The van der Waals surface area contributed by atoms with Gasteiger partial charge in [0.05, 0.1) is 22.6 Å². The SMILES string of the molecule is Cc1cc(C)n(-c2ccc(C(F)(F)F)cc2NC(=O)C2CCN(C(=O)/C=C/c3ccccc3)CC2)n1. The normalized spacial score (nSPS) is 14.9. The van der Waals surface area contributed by atoms with Crippen molar-refractivity contribution in [2.24, 2.45) is 5.92 Å². The third kappa shape index (κ3) is 5.84. The van der Waals surface area contributed by atoms with Gasteiger partial charge in [-0.1, -0.05) is 30.3 Å². The number of nitrogens with one attached hydrogen (secondary N) is 1. The van der Waals surface area contributed by atoms with Gasteiger partial charge in [0.15, 0.2) is 0 Å². The van der Waals surface area contributed by atoms with Crippen molar-refractivity contribution in [1.82, 2.24) is 14.7 Å². The maximum atomic E-state index is 13.4. The Hall–Kier alpha value is -3.88. The Morgan fingerprint density at radius 2 is 1.72 bits per heavy atom. The number of benzene rings is 2. The molecular weight excluding hydrogens is 469 g/mol. The maximum absolute atomic E-state index is 13.4. The fourth-order valence-corrected chi connectivity index (χ4v) is 4.30. The third-order valence-electron chi connectivity index (χ3n) is 6.21. The van der Waals surface area contributed by atoms with E-state index in [2.05, 4.69) is 10.4 Å². The Bertz CT molecular complexity index is 1270. The quantitative estimate of drug-likeness (QED) is 0.481. The number of aryl methyl sites for hydroxylation is 2. The summed E-state index contributed by atoms with van der Waals surface area (Å²) in [4.78, 5) is 27.3. The number of amides is 2. The Morgan fingerprint density at radius 3 is 2.33 bits per heavy atom. The average molecular weight is 497 g/mol. The number of aromatic nitrogens is 2. The van der Waals surface area contributed by atoms with Gasteiger partial charge in [-0.15, -0.1) is 0 Å². The summed E-state index contributed by atoms with van der Waals surface area (Å²) < 4.78 is 41.7. The van der Waals surface area contributed by atoms with Crippen molar-refractivity contribution in [3.05, 3.63) is 83.2 Å². The van der Waals surface area contributed by atoms with Gasteiger partial charge in [-0.05, 0) is 62.6 Å². The van der Waals surface area contributed by atoms with Crippen LogP contribution in [0.15, 0.2) is 60.7 Å². The summed E-state index contributed by atoms with van der Waals surface area (Å²) in [6.45, 7) is 4.37. The number of piperidine rings is 1. The summed E-state index contributed by atoms with van der Waals surface area (Å²) in [5.41, 5.74) is 1.92. The van der Waals surface area contributed by atoms with Crippen molar-refractivity contribution in [3.8, 4) is 5.69 Å². The summed E-state index contributed by atoms with van der Waals surface area (Å²) in [5, 5.41) is 7.06. The molecule has 1 aliphatic rings. The van der Waals surface area contributed by atoms with E-state index in [9.17, 15) is 22.8 Å². The molecule has 1 N–H and O–H groups in total. The van der Waals surface area contributed by atoms with Gasteiger partial charge in [-0.2, -0.15) is 18.3 Å². The van der Waals surface area contributed by atoms with Gasteiger partial charge in [0.1, 0.15) is 0 Å². The van der Waals surface area contributed by atoms with E-state index in [1.807, 2.05) is 36.4 Å². The highest BCUT2D eigenvalue weighted by atomic mass is 19.4. The van der Waals surface area contributed by atoms with Crippen molar-refractivity contribution >= 4 is 23.6 Å². The van der Waals surface area contributed by atoms with Crippen molar-refractivity contribution in [1.29, 1.82) is 0 Å². The molecule has 9 heteroatoms. The van der Waals surface area contributed by atoms with Crippen LogP contribution in [0.1, 0.15) is 35.4 Å². The van der Waals surface area contributed by atoms with E-state index in [0.29, 0.717) is 37.3 Å². The summed E-state index contributed by atoms with van der Waals surface area (Å²) >= 11 is 0. The number of nitrogens with zero attached hydrogens (tertiary/aromatic N) is 3. The molecule has 1 aliphatic heterocycles. The topological polar surface area (TPSA) is 67.2 Å². The molecule has 0 radical (unpaired) electrons. The zero-order chi connectivity index (χ0) is 25.9. The van der Waals surface area contributed by atoms with E-state index in [-0.39, 0.29) is 17.5 Å². The maximum Gasteiger partial charge on any atom is 0.416 e. The number of anilines is 1. The number of halogens is 3. The zero-order valence-corrected chi connectivity index (χ0v) is 20.0. The molecular formula is C27H27F3N4O2. The van der Waals surface area contributed by atoms with Crippen LogP contribution in [0.5, 0.6) is 0 Å². The van der Waals surface area contributed by atoms with Crippen molar-refractivity contribution in [2.45, 2.75) is 32.9 Å². The number of carbonyl (C=O) groups excluding carboxylic acids is 2. The van der Waals surface area contributed by atoms with E-state index < -0.39 is 17.7 Å².